The molecule has 0 fully saturated rings. The fourth-order valence-corrected chi connectivity index (χ4v) is 6.95. The maximum atomic E-state index is 12.7. The zero-order valence-corrected chi connectivity index (χ0v) is 37.7. The molecule has 1 unspecified atom stereocenters. The van der Waals surface area contributed by atoms with E-state index in [2.05, 4.69) is 57.2 Å². The second kappa shape index (κ2) is 47.5. The van der Waals surface area contributed by atoms with Crippen LogP contribution in [-0.4, -0.2) is 37.9 Å². The molecule has 56 heavy (non-hydrogen) atoms. The van der Waals surface area contributed by atoms with Gasteiger partial charge in [0, 0.05) is 19.4 Å². The van der Waals surface area contributed by atoms with Gasteiger partial charge in [-0.05, 0) is 77.0 Å². The maximum absolute atomic E-state index is 12.7. The standard InChI is InChI=1S/C51H94O5/c1-4-7-10-13-16-19-22-24-25-26-28-31-34-37-40-43-46-54-47-49(56-51(53)45-42-39-36-33-29-21-18-15-12-9-6-3)48-55-50(52)44-41-38-35-32-30-27-23-20-17-14-11-8-5-2/h16,19-20,23-25,49H,4-15,17-18,21-22,26-48H2,1-3H3/b19-16-,23-20-,25-24-. The Morgan fingerprint density at radius 3 is 1.25 bits per heavy atom. The third-order valence-electron chi connectivity index (χ3n) is 10.6. The first kappa shape index (κ1) is 54.1. The summed E-state index contributed by atoms with van der Waals surface area (Å²) in [5, 5.41) is 0. The van der Waals surface area contributed by atoms with Gasteiger partial charge in [0.1, 0.15) is 6.61 Å². The van der Waals surface area contributed by atoms with Gasteiger partial charge in [0.15, 0.2) is 6.10 Å². The highest BCUT2D eigenvalue weighted by Gasteiger charge is 2.17. The average molecular weight is 787 g/mol. The van der Waals surface area contributed by atoms with E-state index in [1.807, 2.05) is 0 Å². The number of esters is 2. The summed E-state index contributed by atoms with van der Waals surface area (Å²) in [6.07, 6.45) is 55.7. The summed E-state index contributed by atoms with van der Waals surface area (Å²) >= 11 is 0. The summed E-state index contributed by atoms with van der Waals surface area (Å²) in [6.45, 7) is 7.78. The summed E-state index contributed by atoms with van der Waals surface area (Å²) in [6, 6.07) is 0. The first-order chi connectivity index (χ1) is 27.6. The second-order valence-corrected chi connectivity index (χ2v) is 16.4. The zero-order valence-electron chi connectivity index (χ0n) is 37.7. The van der Waals surface area contributed by atoms with Crippen molar-refractivity contribution in [2.75, 3.05) is 19.8 Å². The predicted molar refractivity (Wildman–Crippen MR) is 242 cm³/mol. The number of hydrogen-bond donors (Lipinski definition) is 0. The highest BCUT2D eigenvalue weighted by atomic mass is 16.6. The van der Waals surface area contributed by atoms with E-state index in [0.717, 1.165) is 57.8 Å². The van der Waals surface area contributed by atoms with Crippen LogP contribution in [0.25, 0.3) is 0 Å². The van der Waals surface area contributed by atoms with Gasteiger partial charge in [-0.15, -0.1) is 0 Å². The minimum Gasteiger partial charge on any atom is -0.462 e. The third kappa shape index (κ3) is 44.8. The maximum Gasteiger partial charge on any atom is 0.306 e. The number of unbranched alkanes of at least 4 members (excludes halogenated alkanes) is 28. The number of ether oxygens (including phenoxy) is 3. The van der Waals surface area contributed by atoms with Crippen LogP contribution in [0, 0.1) is 0 Å². The number of hydrogen-bond acceptors (Lipinski definition) is 5. The predicted octanol–water partition coefficient (Wildman–Crippen LogP) is 16.2. The molecule has 0 bridgehead atoms. The van der Waals surface area contributed by atoms with E-state index in [-0.39, 0.29) is 25.2 Å². The zero-order chi connectivity index (χ0) is 40.7. The molecular weight excluding hydrogens is 693 g/mol. The summed E-state index contributed by atoms with van der Waals surface area (Å²) in [5.74, 6) is -0.404. The third-order valence-corrected chi connectivity index (χ3v) is 10.6. The highest BCUT2D eigenvalue weighted by Crippen LogP contribution is 2.14. The van der Waals surface area contributed by atoms with Crippen LogP contribution in [0.4, 0.5) is 0 Å². The lowest BCUT2D eigenvalue weighted by atomic mass is 10.1. The minimum atomic E-state index is -0.538. The molecule has 0 aliphatic carbocycles. The van der Waals surface area contributed by atoms with E-state index < -0.39 is 6.10 Å². The van der Waals surface area contributed by atoms with Crippen molar-refractivity contribution in [1.82, 2.24) is 0 Å². The molecule has 1 atom stereocenters. The Kier molecular flexibility index (Phi) is 45.9. The van der Waals surface area contributed by atoms with Crippen molar-refractivity contribution in [2.24, 2.45) is 0 Å². The smallest absolute Gasteiger partial charge is 0.306 e. The van der Waals surface area contributed by atoms with E-state index in [9.17, 15) is 9.59 Å². The lowest BCUT2D eigenvalue weighted by molar-refractivity contribution is -0.163. The van der Waals surface area contributed by atoms with Crippen molar-refractivity contribution >= 4 is 11.9 Å². The van der Waals surface area contributed by atoms with E-state index in [4.69, 9.17) is 14.2 Å². The molecule has 0 heterocycles. The fraction of sp³-hybridized carbons (Fsp3) is 0.843. The van der Waals surface area contributed by atoms with Crippen molar-refractivity contribution in [3.05, 3.63) is 36.5 Å². The number of allylic oxidation sites excluding steroid dienone is 6. The normalized spacial score (nSPS) is 12.4. The Hall–Kier alpha value is -1.88. The molecule has 0 radical (unpaired) electrons. The Morgan fingerprint density at radius 1 is 0.393 bits per heavy atom. The fourth-order valence-electron chi connectivity index (χ4n) is 6.95. The lowest BCUT2D eigenvalue weighted by Crippen LogP contribution is -2.30. The average Bonchev–Trinajstić information content (AvgIpc) is 3.20. The molecular formula is C51H94O5. The Balaban J connectivity index is 4.25. The van der Waals surface area contributed by atoms with Gasteiger partial charge in [0.05, 0.1) is 6.61 Å². The lowest BCUT2D eigenvalue weighted by Gasteiger charge is -2.18. The quantitative estimate of drug-likeness (QED) is 0.0349. The molecule has 0 N–H and O–H groups in total. The van der Waals surface area contributed by atoms with Crippen LogP contribution < -0.4 is 0 Å². The van der Waals surface area contributed by atoms with Gasteiger partial charge < -0.3 is 14.2 Å². The molecule has 0 aromatic carbocycles. The molecule has 328 valence electrons. The van der Waals surface area contributed by atoms with E-state index in [1.54, 1.807) is 0 Å². The van der Waals surface area contributed by atoms with Crippen LogP contribution >= 0.6 is 0 Å². The van der Waals surface area contributed by atoms with Crippen LogP contribution in [0.1, 0.15) is 252 Å². The van der Waals surface area contributed by atoms with E-state index >= 15 is 0 Å². The van der Waals surface area contributed by atoms with E-state index in [1.165, 1.54) is 161 Å². The van der Waals surface area contributed by atoms with Crippen LogP contribution in [0.3, 0.4) is 0 Å². The van der Waals surface area contributed by atoms with E-state index in [0.29, 0.717) is 19.4 Å². The van der Waals surface area contributed by atoms with Crippen molar-refractivity contribution in [3.8, 4) is 0 Å². The van der Waals surface area contributed by atoms with Crippen molar-refractivity contribution in [3.63, 3.8) is 0 Å². The molecule has 0 saturated carbocycles. The summed E-state index contributed by atoms with van der Waals surface area (Å²) in [5.41, 5.74) is 0. The molecule has 0 aliphatic heterocycles. The molecule has 0 spiro atoms. The van der Waals surface area contributed by atoms with Gasteiger partial charge in [-0.2, -0.15) is 0 Å². The van der Waals surface area contributed by atoms with Gasteiger partial charge in [0.25, 0.3) is 0 Å². The molecule has 0 aliphatic rings. The number of carbonyl (C=O) groups excluding carboxylic acids is 2. The Labute approximate surface area is 349 Å². The topological polar surface area (TPSA) is 61.8 Å². The minimum absolute atomic E-state index is 0.0807. The molecule has 0 aromatic heterocycles. The van der Waals surface area contributed by atoms with Gasteiger partial charge in [-0.3, -0.25) is 9.59 Å². The summed E-state index contributed by atoms with van der Waals surface area (Å²) in [4.78, 5) is 25.3. The summed E-state index contributed by atoms with van der Waals surface area (Å²) < 4.78 is 17.3. The molecule has 0 amide bonds. The SMILES string of the molecule is CCCCC/C=C\C/C=C\CCCCCCCCOCC(COC(=O)CCCCCCC/C=C\CCCCCC)OC(=O)CCCCCCCCCCCCC. The highest BCUT2D eigenvalue weighted by molar-refractivity contribution is 5.70. The van der Waals surface area contributed by atoms with Crippen LogP contribution in [0.15, 0.2) is 36.5 Å². The number of carbonyl (C=O) groups is 2. The van der Waals surface area contributed by atoms with Crippen molar-refractivity contribution < 1.29 is 23.8 Å². The molecule has 5 heteroatoms. The summed E-state index contributed by atoms with van der Waals surface area (Å²) in [7, 11) is 0. The second-order valence-electron chi connectivity index (χ2n) is 16.4. The van der Waals surface area contributed by atoms with Crippen LogP contribution in [0.5, 0.6) is 0 Å². The number of rotatable bonds is 45. The van der Waals surface area contributed by atoms with Crippen LogP contribution in [-0.2, 0) is 23.8 Å². The first-order valence-electron chi connectivity index (χ1n) is 24.5. The van der Waals surface area contributed by atoms with Gasteiger partial charge in [0.2, 0.25) is 0 Å². The van der Waals surface area contributed by atoms with Crippen molar-refractivity contribution in [1.29, 1.82) is 0 Å². The van der Waals surface area contributed by atoms with Crippen molar-refractivity contribution in [2.45, 2.75) is 258 Å². The van der Waals surface area contributed by atoms with Gasteiger partial charge in [-0.1, -0.05) is 198 Å². The first-order valence-corrected chi connectivity index (χ1v) is 24.5. The molecule has 0 saturated heterocycles. The molecule has 5 nitrogen and oxygen atoms in total. The van der Waals surface area contributed by atoms with Crippen LogP contribution in [0.2, 0.25) is 0 Å². The largest absolute Gasteiger partial charge is 0.462 e. The Morgan fingerprint density at radius 2 is 0.750 bits per heavy atom. The van der Waals surface area contributed by atoms with Gasteiger partial charge in [-0.25, -0.2) is 0 Å². The van der Waals surface area contributed by atoms with Gasteiger partial charge >= 0.3 is 11.9 Å². The molecule has 0 rings (SSSR count). The molecule has 0 aromatic rings. The Bertz CT molecular complexity index is 893. The monoisotopic (exact) mass is 787 g/mol.